The van der Waals surface area contributed by atoms with Crippen LogP contribution >= 0.6 is 0 Å². The number of ether oxygens (including phenoxy) is 2. The van der Waals surface area contributed by atoms with Crippen LogP contribution in [0.2, 0.25) is 0 Å². The number of methoxy groups -OCH3 is 2. The van der Waals surface area contributed by atoms with Crippen LogP contribution in [0.15, 0.2) is 22.7 Å². The number of oxazole rings is 1. The van der Waals surface area contributed by atoms with Crippen LogP contribution in [0.4, 0.5) is 5.69 Å². The van der Waals surface area contributed by atoms with E-state index in [0.29, 0.717) is 23.0 Å². The van der Waals surface area contributed by atoms with Gasteiger partial charge < -0.3 is 13.9 Å². The third kappa shape index (κ3) is 2.81. The summed E-state index contributed by atoms with van der Waals surface area (Å²) >= 11 is 0. The molecule has 0 saturated heterocycles. The van der Waals surface area contributed by atoms with E-state index in [9.17, 15) is 10.1 Å². The molecule has 7 nitrogen and oxygen atoms in total. The lowest BCUT2D eigenvalue weighted by Crippen LogP contribution is -1.96. The minimum atomic E-state index is -0.491. The van der Waals surface area contributed by atoms with E-state index in [2.05, 4.69) is 4.98 Å². The van der Waals surface area contributed by atoms with Crippen molar-refractivity contribution in [2.75, 3.05) is 14.2 Å². The van der Waals surface area contributed by atoms with Gasteiger partial charge in [0.1, 0.15) is 5.56 Å². The van der Waals surface area contributed by atoms with Gasteiger partial charge in [0.2, 0.25) is 0 Å². The maximum Gasteiger partial charge on any atom is 0.284 e. The molecule has 0 fully saturated rings. The zero-order valence-electron chi connectivity index (χ0n) is 12.2. The molecule has 112 valence electrons. The minimum Gasteiger partial charge on any atom is -0.493 e. The van der Waals surface area contributed by atoms with Crippen molar-refractivity contribution in [2.24, 2.45) is 0 Å². The fourth-order valence-corrected chi connectivity index (χ4v) is 1.90. The normalized spacial score (nSPS) is 10.7. The first-order chi connectivity index (χ1) is 9.97. The second-order valence-electron chi connectivity index (χ2n) is 4.70. The number of benzene rings is 1. The predicted octanol–water partition coefficient (Wildman–Crippen LogP) is 3.39. The highest BCUT2D eigenvalue weighted by Crippen LogP contribution is 2.40. The molecule has 2 rings (SSSR count). The van der Waals surface area contributed by atoms with Gasteiger partial charge >= 0.3 is 0 Å². The Morgan fingerprint density at radius 1 is 1.24 bits per heavy atom. The summed E-state index contributed by atoms with van der Waals surface area (Å²) in [7, 11) is 2.89. The first-order valence-electron chi connectivity index (χ1n) is 6.34. The van der Waals surface area contributed by atoms with Crippen LogP contribution in [0.1, 0.15) is 25.7 Å². The van der Waals surface area contributed by atoms with Gasteiger partial charge in [-0.1, -0.05) is 13.8 Å². The highest BCUT2D eigenvalue weighted by Gasteiger charge is 2.23. The molecule has 1 heterocycles. The van der Waals surface area contributed by atoms with E-state index in [4.69, 9.17) is 13.9 Å². The van der Waals surface area contributed by atoms with E-state index < -0.39 is 4.92 Å². The Bertz CT molecular complexity index is 663. The van der Waals surface area contributed by atoms with Crippen LogP contribution in [-0.2, 0) is 0 Å². The van der Waals surface area contributed by atoms with Crippen molar-refractivity contribution in [1.82, 2.24) is 4.98 Å². The molecule has 0 radical (unpaired) electrons. The highest BCUT2D eigenvalue weighted by atomic mass is 16.6. The number of hydrogen-bond acceptors (Lipinski definition) is 6. The summed E-state index contributed by atoms with van der Waals surface area (Å²) in [5, 5.41) is 11.3. The molecule has 0 saturated carbocycles. The fourth-order valence-electron chi connectivity index (χ4n) is 1.90. The molecule has 7 heteroatoms. The number of hydrogen-bond donors (Lipinski definition) is 0. The molecule has 21 heavy (non-hydrogen) atoms. The van der Waals surface area contributed by atoms with E-state index in [1.54, 1.807) is 0 Å². The lowest BCUT2D eigenvalue weighted by molar-refractivity contribution is -0.384. The predicted molar refractivity (Wildman–Crippen MR) is 75.8 cm³/mol. The van der Waals surface area contributed by atoms with Crippen molar-refractivity contribution >= 4 is 5.69 Å². The molecule has 0 unspecified atom stereocenters. The van der Waals surface area contributed by atoms with Crippen molar-refractivity contribution in [2.45, 2.75) is 19.8 Å². The largest absolute Gasteiger partial charge is 0.493 e. The summed E-state index contributed by atoms with van der Waals surface area (Å²) in [5.74, 6) is 1.62. The van der Waals surface area contributed by atoms with E-state index in [1.165, 1.54) is 32.5 Å². The number of rotatable bonds is 5. The van der Waals surface area contributed by atoms with E-state index in [-0.39, 0.29) is 17.4 Å². The molecule has 0 spiro atoms. The highest BCUT2D eigenvalue weighted by molar-refractivity contribution is 5.73. The molecule has 2 aromatic rings. The van der Waals surface area contributed by atoms with Gasteiger partial charge in [0.05, 0.1) is 31.4 Å². The molecule has 0 N–H and O–H groups in total. The number of nitro groups is 1. The zero-order valence-corrected chi connectivity index (χ0v) is 12.2. The summed E-state index contributed by atoms with van der Waals surface area (Å²) in [6.45, 7) is 3.86. The van der Waals surface area contributed by atoms with E-state index in [1.807, 2.05) is 13.8 Å². The number of nitrogens with zero attached hydrogens (tertiary/aromatic N) is 2. The Balaban J connectivity index is 2.62. The van der Waals surface area contributed by atoms with Crippen molar-refractivity contribution in [1.29, 1.82) is 0 Å². The quantitative estimate of drug-likeness (QED) is 0.620. The van der Waals surface area contributed by atoms with Crippen LogP contribution < -0.4 is 9.47 Å². The SMILES string of the molecule is COc1cc(-c2cnc(C(C)C)o2)c([N+](=O)[O-])cc1OC. The van der Waals surface area contributed by atoms with Crippen molar-refractivity contribution < 1.29 is 18.8 Å². The smallest absolute Gasteiger partial charge is 0.284 e. The summed E-state index contributed by atoms with van der Waals surface area (Å²) < 4.78 is 15.8. The maximum atomic E-state index is 11.3. The Labute approximate surface area is 121 Å². The number of nitro benzene ring substituents is 1. The third-order valence-electron chi connectivity index (χ3n) is 2.98. The molecule has 0 atom stereocenters. The maximum absolute atomic E-state index is 11.3. The van der Waals surface area contributed by atoms with Crippen molar-refractivity contribution in [3.05, 3.63) is 34.3 Å². The molecule has 0 bridgehead atoms. The Morgan fingerprint density at radius 2 is 1.86 bits per heavy atom. The van der Waals surface area contributed by atoms with Crippen LogP contribution in [0.25, 0.3) is 11.3 Å². The number of aromatic nitrogens is 1. The first kappa shape index (κ1) is 14.8. The van der Waals surface area contributed by atoms with Gasteiger partial charge in [-0.2, -0.15) is 0 Å². The second-order valence-corrected chi connectivity index (χ2v) is 4.70. The summed E-state index contributed by atoms with van der Waals surface area (Å²) in [6, 6.07) is 2.83. The van der Waals surface area contributed by atoms with Gasteiger partial charge in [-0.15, -0.1) is 0 Å². The van der Waals surface area contributed by atoms with Crippen molar-refractivity contribution in [3.8, 4) is 22.8 Å². The molecule has 1 aromatic carbocycles. The Hall–Kier alpha value is -2.57. The van der Waals surface area contributed by atoms with E-state index in [0.717, 1.165) is 0 Å². The lowest BCUT2D eigenvalue weighted by atomic mass is 10.1. The van der Waals surface area contributed by atoms with Crippen molar-refractivity contribution in [3.63, 3.8) is 0 Å². The summed E-state index contributed by atoms with van der Waals surface area (Å²) in [6.07, 6.45) is 1.48. The second kappa shape index (κ2) is 5.82. The third-order valence-corrected chi connectivity index (χ3v) is 2.98. The van der Waals surface area contributed by atoms with Crippen LogP contribution in [0, 0.1) is 10.1 Å². The summed E-state index contributed by atoms with van der Waals surface area (Å²) in [4.78, 5) is 14.9. The molecule has 0 aliphatic heterocycles. The molecular formula is C14H16N2O5. The Kier molecular flexibility index (Phi) is 4.11. The molecule has 1 aromatic heterocycles. The standard InChI is InChI=1S/C14H16N2O5/c1-8(2)14-15-7-13(21-14)9-5-11(19-3)12(20-4)6-10(9)16(17)18/h5-8H,1-4H3. The molecular weight excluding hydrogens is 276 g/mol. The van der Waals surface area contributed by atoms with Gasteiger partial charge in [-0.25, -0.2) is 4.98 Å². The molecule has 0 aliphatic carbocycles. The van der Waals surface area contributed by atoms with Crippen LogP contribution in [-0.4, -0.2) is 24.1 Å². The molecule has 0 amide bonds. The van der Waals surface area contributed by atoms with Gasteiger partial charge in [0, 0.05) is 12.0 Å². The Morgan fingerprint density at radius 3 is 2.33 bits per heavy atom. The zero-order chi connectivity index (χ0) is 15.6. The average molecular weight is 292 g/mol. The average Bonchev–Trinajstić information content (AvgIpc) is 2.95. The van der Waals surface area contributed by atoms with Gasteiger partial charge in [0.25, 0.3) is 5.69 Å². The van der Waals surface area contributed by atoms with E-state index >= 15 is 0 Å². The van der Waals surface area contributed by atoms with Gasteiger partial charge in [-0.3, -0.25) is 10.1 Å². The van der Waals surface area contributed by atoms with Crippen LogP contribution in [0.3, 0.4) is 0 Å². The summed E-state index contributed by atoms with van der Waals surface area (Å²) in [5.41, 5.74) is 0.177. The minimum absolute atomic E-state index is 0.0953. The first-order valence-corrected chi connectivity index (χ1v) is 6.34. The van der Waals surface area contributed by atoms with Crippen LogP contribution in [0.5, 0.6) is 11.5 Å². The van der Waals surface area contributed by atoms with Gasteiger partial charge in [-0.05, 0) is 0 Å². The topological polar surface area (TPSA) is 87.6 Å². The lowest BCUT2D eigenvalue weighted by Gasteiger charge is -2.09. The molecule has 0 aliphatic rings. The fraction of sp³-hybridized carbons (Fsp3) is 0.357. The monoisotopic (exact) mass is 292 g/mol. The van der Waals surface area contributed by atoms with Gasteiger partial charge in [0.15, 0.2) is 23.1 Å².